The Hall–Kier alpha value is -1.76. The van der Waals surface area contributed by atoms with Crippen LogP contribution in [0.2, 0.25) is 0 Å². The fourth-order valence-electron chi connectivity index (χ4n) is 8.93. The third-order valence-corrected chi connectivity index (χ3v) is 11.3. The van der Waals surface area contributed by atoms with Crippen molar-refractivity contribution >= 4 is 0 Å². The molecule has 0 N–H and O–H groups in total. The zero-order chi connectivity index (χ0) is 28.9. The molecule has 0 bridgehead atoms. The Labute approximate surface area is 247 Å². The molecule has 2 aliphatic heterocycles. The molecule has 2 aliphatic carbocycles. The number of hydrogen-bond acceptors (Lipinski definition) is 5. The van der Waals surface area contributed by atoms with Gasteiger partial charge in [-0.15, -0.1) is 0 Å². The van der Waals surface area contributed by atoms with Gasteiger partial charge in [0, 0.05) is 12.8 Å². The van der Waals surface area contributed by atoms with Crippen molar-refractivity contribution in [3.8, 4) is 0 Å². The Morgan fingerprint density at radius 3 is 1.41 bits per heavy atom. The normalized spacial score (nSPS) is 40.6. The molecule has 4 fully saturated rings. The maximum absolute atomic E-state index is 7.73. The van der Waals surface area contributed by atoms with Crippen LogP contribution in [0.1, 0.15) is 78.4 Å². The van der Waals surface area contributed by atoms with Gasteiger partial charge in [-0.3, -0.25) is 0 Å². The van der Waals surface area contributed by atoms with Crippen LogP contribution in [0.15, 0.2) is 60.7 Å². The summed E-state index contributed by atoms with van der Waals surface area (Å²) in [5.74, 6) is 1.83. The van der Waals surface area contributed by atoms with E-state index in [1.54, 1.807) is 0 Å². The fourth-order valence-corrected chi connectivity index (χ4v) is 8.93. The number of ether oxygens (including phenoxy) is 5. The highest BCUT2D eigenvalue weighted by Gasteiger charge is 2.70. The average Bonchev–Trinajstić information content (AvgIpc) is 3.57. The summed E-state index contributed by atoms with van der Waals surface area (Å²) in [6.07, 6.45) is 5.39. The van der Waals surface area contributed by atoms with Crippen LogP contribution in [0.4, 0.5) is 0 Å². The topological polar surface area (TPSA) is 46.2 Å². The summed E-state index contributed by atoms with van der Waals surface area (Å²) < 4.78 is 34.4. The zero-order valence-corrected chi connectivity index (χ0v) is 25.9. The lowest BCUT2D eigenvalue weighted by Crippen LogP contribution is -2.73. The van der Waals surface area contributed by atoms with Gasteiger partial charge in [0.25, 0.3) is 0 Å². The number of hydrogen-bond donors (Lipinski definition) is 0. The Morgan fingerprint density at radius 1 is 0.659 bits per heavy atom. The van der Waals surface area contributed by atoms with Crippen LogP contribution < -0.4 is 0 Å². The van der Waals surface area contributed by atoms with Gasteiger partial charge in [0.1, 0.15) is 24.8 Å². The van der Waals surface area contributed by atoms with Crippen molar-refractivity contribution in [1.29, 1.82) is 0 Å². The highest BCUT2D eigenvalue weighted by molar-refractivity contribution is 5.27. The minimum absolute atomic E-state index is 0.0290. The van der Waals surface area contributed by atoms with Crippen LogP contribution in [-0.2, 0) is 36.5 Å². The van der Waals surface area contributed by atoms with Gasteiger partial charge in [0.2, 0.25) is 0 Å². The molecule has 224 valence electrons. The summed E-state index contributed by atoms with van der Waals surface area (Å²) in [6, 6.07) is 21.5. The first-order chi connectivity index (χ1) is 19.6. The Balaban J connectivity index is 1.43. The largest absolute Gasteiger partial charge is 0.363 e. The molecule has 8 unspecified atom stereocenters. The van der Waals surface area contributed by atoms with Gasteiger partial charge < -0.3 is 23.7 Å². The number of rotatable bonds is 8. The van der Waals surface area contributed by atoms with Crippen LogP contribution in [-0.4, -0.2) is 48.2 Å². The van der Waals surface area contributed by atoms with Gasteiger partial charge in [-0.1, -0.05) is 88.4 Å². The summed E-state index contributed by atoms with van der Waals surface area (Å²) >= 11 is 0. The molecule has 41 heavy (non-hydrogen) atoms. The summed E-state index contributed by atoms with van der Waals surface area (Å²) in [4.78, 5) is 0. The van der Waals surface area contributed by atoms with Crippen LogP contribution in [0.5, 0.6) is 0 Å². The molecule has 8 atom stereocenters. The Kier molecular flexibility index (Phi) is 7.91. The summed E-state index contributed by atoms with van der Waals surface area (Å²) in [6.45, 7) is 14.5. The third-order valence-electron chi connectivity index (χ3n) is 11.3. The quantitative estimate of drug-likeness (QED) is 0.336. The second-order valence-corrected chi connectivity index (χ2v) is 14.3. The molecule has 2 saturated carbocycles. The molecular weight excluding hydrogens is 512 g/mol. The first-order valence-corrected chi connectivity index (χ1v) is 15.9. The van der Waals surface area contributed by atoms with E-state index in [1.807, 2.05) is 0 Å². The summed E-state index contributed by atoms with van der Waals surface area (Å²) in [7, 11) is 0. The molecule has 0 radical (unpaired) electrons. The van der Waals surface area contributed by atoms with Crippen molar-refractivity contribution in [1.82, 2.24) is 0 Å². The van der Waals surface area contributed by atoms with E-state index >= 15 is 0 Å². The first-order valence-electron chi connectivity index (χ1n) is 15.9. The number of benzene rings is 2. The highest BCUT2D eigenvalue weighted by Crippen LogP contribution is 2.59. The van der Waals surface area contributed by atoms with Gasteiger partial charge >= 0.3 is 0 Å². The van der Waals surface area contributed by atoms with Gasteiger partial charge in [0.05, 0.1) is 23.4 Å². The fraction of sp³-hybridized carbons (Fsp3) is 0.667. The lowest BCUT2D eigenvalue weighted by atomic mass is 9.59. The van der Waals surface area contributed by atoms with E-state index in [1.165, 1.54) is 11.1 Å². The van der Waals surface area contributed by atoms with Crippen molar-refractivity contribution in [2.24, 2.45) is 23.7 Å². The lowest BCUT2D eigenvalue weighted by molar-refractivity contribution is -0.309. The summed E-state index contributed by atoms with van der Waals surface area (Å²) in [5.41, 5.74) is 0.177. The molecular formula is C36H50O5. The van der Waals surface area contributed by atoms with Crippen molar-refractivity contribution in [3.05, 3.63) is 71.8 Å². The second-order valence-electron chi connectivity index (χ2n) is 14.3. The van der Waals surface area contributed by atoms with Crippen LogP contribution >= 0.6 is 0 Å². The summed E-state index contributed by atoms with van der Waals surface area (Å²) in [5, 5.41) is 0. The van der Waals surface area contributed by atoms with E-state index in [9.17, 15) is 0 Å². The molecule has 4 aliphatic rings. The monoisotopic (exact) mass is 562 g/mol. The predicted molar refractivity (Wildman–Crippen MR) is 160 cm³/mol. The van der Waals surface area contributed by atoms with Crippen molar-refractivity contribution in [3.63, 3.8) is 0 Å². The van der Waals surface area contributed by atoms with E-state index in [2.05, 4.69) is 102 Å². The van der Waals surface area contributed by atoms with Gasteiger partial charge in [-0.25, -0.2) is 0 Å². The van der Waals surface area contributed by atoms with Crippen LogP contribution in [0, 0.1) is 23.7 Å². The van der Waals surface area contributed by atoms with Crippen molar-refractivity contribution < 1.29 is 23.7 Å². The van der Waals surface area contributed by atoms with Crippen molar-refractivity contribution in [2.45, 2.75) is 115 Å². The van der Waals surface area contributed by atoms with Gasteiger partial charge in [-0.05, 0) is 74.3 Å². The molecule has 2 heterocycles. The molecule has 5 heteroatoms. The molecule has 2 aromatic rings. The molecule has 2 saturated heterocycles. The SMILES string of the molecule is CC(C)C1CCC(C)(OC2(C)CCC(C(C)C)C3OCOC32Cc2ccccc2)C2(Cc3ccccc3)OCOC12. The second kappa shape index (κ2) is 11.1. The minimum atomic E-state index is -0.595. The first kappa shape index (κ1) is 29.3. The maximum Gasteiger partial charge on any atom is 0.148 e. The number of fused-ring (bicyclic) bond motifs is 2. The maximum atomic E-state index is 7.73. The highest BCUT2D eigenvalue weighted by atomic mass is 16.7. The predicted octanol–water partition coefficient (Wildman–Crippen LogP) is 7.36. The van der Waals surface area contributed by atoms with E-state index in [0.717, 1.165) is 38.5 Å². The van der Waals surface area contributed by atoms with E-state index in [0.29, 0.717) is 37.3 Å². The third kappa shape index (κ3) is 4.80. The van der Waals surface area contributed by atoms with E-state index < -0.39 is 22.4 Å². The van der Waals surface area contributed by atoms with E-state index in [-0.39, 0.29) is 12.2 Å². The molecule has 0 spiro atoms. The van der Waals surface area contributed by atoms with Crippen molar-refractivity contribution in [2.75, 3.05) is 13.6 Å². The smallest absolute Gasteiger partial charge is 0.148 e. The molecule has 5 nitrogen and oxygen atoms in total. The zero-order valence-electron chi connectivity index (χ0n) is 25.9. The molecule has 2 aromatic carbocycles. The molecule has 0 aromatic heterocycles. The van der Waals surface area contributed by atoms with Gasteiger partial charge in [0.15, 0.2) is 0 Å². The lowest BCUT2D eigenvalue weighted by Gasteiger charge is -2.61. The Morgan fingerprint density at radius 2 is 1.05 bits per heavy atom. The Bertz CT molecular complexity index is 1080. The average molecular weight is 563 g/mol. The molecule has 0 amide bonds. The van der Waals surface area contributed by atoms with Gasteiger partial charge in [-0.2, -0.15) is 0 Å². The molecule has 6 rings (SSSR count). The van der Waals surface area contributed by atoms with Crippen LogP contribution in [0.25, 0.3) is 0 Å². The van der Waals surface area contributed by atoms with E-state index in [4.69, 9.17) is 23.7 Å². The van der Waals surface area contributed by atoms with Crippen LogP contribution in [0.3, 0.4) is 0 Å². The standard InChI is InChI=1S/C36H50O5/c1-25(2)29-17-19-33(5,35(31(29)37-23-39-35)21-27-13-9-7-10-14-27)41-34(6)20-18-30(26(3)4)32-36(34,40-24-38-32)22-28-15-11-8-12-16-28/h7-16,25-26,29-32H,17-24H2,1-6H3. The minimum Gasteiger partial charge on any atom is -0.363 e.